The third-order valence-corrected chi connectivity index (χ3v) is 4.28. The van der Waals surface area contributed by atoms with Gasteiger partial charge in [-0.05, 0) is 51.9 Å². The van der Waals surface area contributed by atoms with Crippen LogP contribution in [0.25, 0.3) is 21.5 Å². The molecular weight excluding hydrogens is 327 g/mol. The summed E-state index contributed by atoms with van der Waals surface area (Å²) in [5.41, 5.74) is 3.80. The molecule has 0 aromatic heterocycles. The number of nitrogens with one attached hydrogen (secondary N) is 1. The fraction of sp³-hybridized carbons (Fsp3) is 0. The van der Waals surface area contributed by atoms with E-state index in [4.69, 9.17) is 0 Å². The topological polar surface area (TPSA) is 41.5 Å². The first-order valence-corrected chi connectivity index (χ1v) is 8.22. The van der Waals surface area contributed by atoms with Crippen molar-refractivity contribution in [3.05, 3.63) is 95.8 Å². The number of carbonyl (C=O) groups is 1. The van der Waals surface area contributed by atoms with Gasteiger partial charge in [-0.15, -0.1) is 0 Å². The Morgan fingerprint density at radius 2 is 1.42 bits per heavy atom. The number of hydrogen-bond acceptors (Lipinski definition) is 2. The van der Waals surface area contributed by atoms with Crippen molar-refractivity contribution in [2.24, 2.45) is 5.10 Å². The molecule has 0 heterocycles. The second kappa shape index (κ2) is 6.76. The van der Waals surface area contributed by atoms with Crippen molar-refractivity contribution in [1.29, 1.82) is 0 Å². The Morgan fingerprint density at radius 1 is 0.846 bits per heavy atom. The Morgan fingerprint density at radius 3 is 2.04 bits per heavy atom. The van der Waals surface area contributed by atoms with E-state index in [1.807, 2.05) is 36.4 Å². The van der Waals surface area contributed by atoms with Crippen molar-refractivity contribution in [2.45, 2.75) is 0 Å². The van der Waals surface area contributed by atoms with Crippen LogP contribution in [0.1, 0.15) is 15.9 Å². The standard InChI is InChI=1S/C22H15FN2O/c23-18-11-9-15(10-12-18)22(26)25-24-14-21-19-7-3-1-5-16(19)13-17-6-2-4-8-20(17)21/h1-14H,(H,25,26)/b24-14-. The minimum absolute atomic E-state index is 0.353. The fourth-order valence-corrected chi connectivity index (χ4v) is 3.01. The molecular formula is C22H15FN2O. The van der Waals surface area contributed by atoms with E-state index in [1.165, 1.54) is 24.3 Å². The lowest BCUT2D eigenvalue weighted by molar-refractivity contribution is 0.0955. The maximum Gasteiger partial charge on any atom is 0.271 e. The smallest absolute Gasteiger partial charge is 0.267 e. The largest absolute Gasteiger partial charge is 0.271 e. The highest BCUT2D eigenvalue weighted by molar-refractivity contribution is 6.13. The van der Waals surface area contributed by atoms with Crippen molar-refractivity contribution in [2.75, 3.05) is 0 Å². The van der Waals surface area contributed by atoms with E-state index in [0.717, 1.165) is 27.1 Å². The van der Waals surface area contributed by atoms with Gasteiger partial charge in [-0.25, -0.2) is 9.82 Å². The molecule has 0 fully saturated rings. The van der Waals surface area contributed by atoms with Crippen molar-refractivity contribution >= 4 is 33.7 Å². The molecule has 4 aromatic carbocycles. The molecule has 0 radical (unpaired) electrons. The van der Waals surface area contributed by atoms with Crippen LogP contribution in [0.15, 0.2) is 84.0 Å². The van der Waals surface area contributed by atoms with Gasteiger partial charge < -0.3 is 0 Å². The molecule has 4 rings (SSSR count). The molecule has 0 aliphatic carbocycles. The molecule has 4 aromatic rings. The first kappa shape index (κ1) is 16.0. The summed E-state index contributed by atoms with van der Waals surface area (Å²) < 4.78 is 13.0. The van der Waals surface area contributed by atoms with Crippen LogP contribution in [0.4, 0.5) is 4.39 Å². The van der Waals surface area contributed by atoms with Gasteiger partial charge in [-0.1, -0.05) is 48.5 Å². The van der Waals surface area contributed by atoms with Crippen LogP contribution in [0.2, 0.25) is 0 Å². The second-order valence-corrected chi connectivity index (χ2v) is 5.94. The predicted octanol–water partition coefficient (Wildman–Crippen LogP) is 4.90. The number of benzene rings is 4. The van der Waals surface area contributed by atoms with Gasteiger partial charge in [-0.3, -0.25) is 4.79 Å². The number of hydrazone groups is 1. The molecule has 1 amide bonds. The van der Waals surface area contributed by atoms with Crippen LogP contribution >= 0.6 is 0 Å². The Labute approximate surface area is 149 Å². The van der Waals surface area contributed by atoms with E-state index in [-0.39, 0.29) is 11.7 Å². The molecule has 0 spiro atoms. The van der Waals surface area contributed by atoms with Crippen LogP contribution < -0.4 is 5.43 Å². The summed E-state index contributed by atoms with van der Waals surface area (Å²) in [6.07, 6.45) is 1.66. The number of hydrogen-bond donors (Lipinski definition) is 1. The maximum absolute atomic E-state index is 13.0. The highest BCUT2D eigenvalue weighted by Gasteiger charge is 2.07. The number of nitrogens with zero attached hydrogens (tertiary/aromatic N) is 1. The monoisotopic (exact) mass is 342 g/mol. The molecule has 0 aliphatic heterocycles. The van der Waals surface area contributed by atoms with Gasteiger partial charge in [0, 0.05) is 11.1 Å². The normalized spacial score (nSPS) is 11.3. The molecule has 126 valence electrons. The van der Waals surface area contributed by atoms with Gasteiger partial charge >= 0.3 is 0 Å². The summed E-state index contributed by atoms with van der Waals surface area (Å²) in [5, 5.41) is 8.46. The van der Waals surface area contributed by atoms with E-state index in [0.29, 0.717) is 5.56 Å². The average molecular weight is 342 g/mol. The van der Waals surface area contributed by atoms with E-state index in [1.54, 1.807) is 6.21 Å². The Hall–Kier alpha value is -3.53. The van der Waals surface area contributed by atoms with E-state index >= 15 is 0 Å². The van der Waals surface area contributed by atoms with Crippen LogP contribution in [-0.2, 0) is 0 Å². The van der Waals surface area contributed by atoms with Crippen molar-refractivity contribution in [3.63, 3.8) is 0 Å². The highest BCUT2D eigenvalue weighted by Crippen LogP contribution is 2.27. The Kier molecular flexibility index (Phi) is 4.15. The molecule has 0 atom stereocenters. The van der Waals surface area contributed by atoms with Gasteiger partial charge in [0.2, 0.25) is 0 Å². The summed E-state index contributed by atoms with van der Waals surface area (Å²) >= 11 is 0. The zero-order valence-electron chi connectivity index (χ0n) is 13.8. The molecule has 0 unspecified atom stereocenters. The SMILES string of the molecule is O=C(N/N=C\c1c2ccccc2cc2ccccc12)c1ccc(F)cc1. The Bertz CT molecular complexity index is 1080. The van der Waals surface area contributed by atoms with Gasteiger partial charge in [0.05, 0.1) is 6.21 Å². The van der Waals surface area contributed by atoms with Gasteiger partial charge in [0.1, 0.15) is 5.82 Å². The highest BCUT2D eigenvalue weighted by atomic mass is 19.1. The lowest BCUT2D eigenvalue weighted by atomic mass is 9.97. The number of halogens is 1. The molecule has 4 heteroatoms. The molecule has 0 saturated heterocycles. The summed E-state index contributed by atoms with van der Waals surface area (Å²) in [6, 6.07) is 23.6. The van der Waals surface area contributed by atoms with Crippen LogP contribution in [0, 0.1) is 5.82 Å². The van der Waals surface area contributed by atoms with Gasteiger partial charge in [-0.2, -0.15) is 5.10 Å². The van der Waals surface area contributed by atoms with E-state index in [2.05, 4.69) is 28.7 Å². The van der Waals surface area contributed by atoms with Crippen molar-refractivity contribution in [1.82, 2.24) is 5.43 Å². The number of carbonyl (C=O) groups excluding carboxylic acids is 1. The molecule has 26 heavy (non-hydrogen) atoms. The first-order valence-electron chi connectivity index (χ1n) is 8.22. The zero-order chi connectivity index (χ0) is 17.9. The third kappa shape index (κ3) is 3.05. The van der Waals surface area contributed by atoms with Crippen molar-refractivity contribution in [3.8, 4) is 0 Å². The maximum atomic E-state index is 13.0. The molecule has 0 aliphatic rings. The molecule has 1 N–H and O–H groups in total. The third-order valence-electron chi connectivity index (χ3n) is 4.28. The average Bonchev–Trinajstić information content (AvgIpc) is 2.68. The summed E-state index contributed by atoms with van der Waals surface area (Å²) in [5.74, 6) is -0.766. The zero-order valence-corrected chi connectivity index (χ0v) is 13.8. The minimum atomic E-state index is -0.384. The van der Waals surface area contributed by atoms with Crippen LogP contribution in [0.3, 0.4) is 0 Å². The predicted molar refractivity (Wildman–Crippen MR) is 103 cm³/mol. The van der Waals surface area contributed by atoms with Gasteiger partial charge in [0.25, 0.3) is 5.91 Å². The number of fused-ring (bicyclic) bond motifs is 2. The summed E-state index contributed by atoms with van der Waals surface area (Å²) in [4.78, 5) is 12.1. The lowest BCUT2D eigenvalue weighted by Gasteiger charge is -2.08. The van der Waals surface area contributed by atoms with Crippen LogP contribution in [-0.4, -0.2) is 12.1 Å². The number of rotatable bonds is 3. The fourth-order valence-electron chi connectivity index (χ4n) is 3.01. The molecule has 0 bridgehead atoms. The Balaban J connectivity index is 1.70. The first-order chi connectivity index (χ1) is 12.7. The van der Waals surface area contributed by atoms with Crippen LogP contribution in [0.5, 0.6) is 0 Å². The quantitative estimate of drug-likeness (QED) is 0.321. The summed E-state index contributed by atoms with van der Waals surface area (Å²) in [7, 11) is 0. The van der Waals surface area contributed by atoms with Gasteiger partial charge in [0.15, 0.2) is 0 Å². The van der Waals surface area contributed by atoms with Crippen molar-refractivity contribution < 1.29 is 9.18 Å². The molecule has 0 saturated carbocycles. The number of amides is 1. The minimum Gasteiger partial charge on any atom is -0.267 e. The van der Waals surface area contributed by atoms with E-state index in [9.17, 15) is 9.18 Å². The van der Waals surface area contributed by atoms with E-state index < -0.39 is 0 Å². The second-order valence-electron chi connectivity index (χ2n) is 5.94. The summed E-state index contributed by atoms with van der Waals surface area (Å²) in [6.45, 7) is 0. The molecule has 3 nitrogen and oxygen atoms in total. The lowest BCUT2D eigenvalue weighted by Crippen LogP contribution is -2.17.